The van der Waals surface area contributed by atoms with Gasteiger partial charge in [0.05, 0.1) is 5.69 Å². The van der Waals surface area contributed by atoms with Crippen LogP contribution in [0.1, 0.15) is 11.3 Å². The normalized spacial score (nSPS) is 29.9. The van der Waals surface area contributed by atoms with Crippen molar-refractivity contribution in [3.05, 3.63) is 17.5 Å². The monoisotopic (exact) mass is 220 g/mol. The number of nitrogens with one attached hydrogen (secondary N) is 1. The minimum absolute atomic E-state index is 0.886. The number of fused-ring (bicyclic) bond motifs is 1. The highest BCUT2D eigenvalue weighted by Crippen LogP contribution is 2.27. The van der Waals surface area contributed by atoms with Gasteiger partial charge >= 0.3 is 0 Å². The Morgan fingerprint density at radius 3 is 2.62 bits per heavy atom. The van der Waals surface area contributed by atoms with Gasteiger partial charge in [0.1, 0.15) is 0 Å². The first-order valence-electron chi connectivity index (χ1n) is 6.14. The molecule has 1 aromatic rings. The molecule has 3 heterocycles. The van der Waals surface area contributed by atoms with Gasteiger partial charge in [-0.1, -0.05) is 0 Å². The maximum Gasteiger partial charge on any atom is 0.0638 e. The predicted octanol–water partition coefficient (Wildman–Crippen LogP) is 0.380. The van der Waals surface area contributed by atoms with E-state index in [2.05, 4.69) is 28.4 Å². The van der Waals surface area contributed by atoms with Crippen LogP contribution in [0.25, 0.3) is 0 Å². The van der Waals surface area contributed by atoms with E-state index in [4.69, 9.17) is 0 Å². The molecule has 0 bridgehead atoms. The van der Waals surface area contributed by atoms with Crippen molar-refractivity contribution in [2.24, 2.45) is 18.9 Å². The summed E-state index contributed by atoms with van der Waals surface area (Å²) in [6.45, 7) is 8.12. The Hall–Kier alpha value is -0.870. The van der Waals surface area contributed by atoms with Gasteiger partial charge in [-0.3, -0.25) is 9.58 Å². The molecule has 2 saturated heterocycles. The molecule has 16 heavy (non-hydrogen) atoms. The highest BCUT2D eigenvalue weighted by molar-refractivity contribution is 5.15. The quantitative estimate of drug-likeness (QED) is 0.782. The predicted molar refractivity (Wildman–Crippen MR) is 63.1 cm³/mol. The van der Waals surface area contributed by atoms with Gasteiger partial charge in [-0.05, 0) is 31.8 Å². The van der Waals surface area contributed by atoms with E-state index in [1.807, 2.05) is 11.7 Å². The number of rotatable bonds is 2. The first-order valence-corrected chi connectivity index (χ1v) is 6.14. The van der Waals surface area contributed by atoms with E-state index >= 15 is 0 Å². The molecule has 0 radical (unpaired) electrons. The van der Waals surface area contributed by atoms with Crippen LogP contribution in [0.5, 0.6) is 0 Å². The van der Waals surface area contributed by atoms with Crippen LogP contribution >= 0.6 is 0 Å². The number of aryl methyl sites for hydroxylation is 2. The fraction of sp³-hybridized carbons (Fsp3) is 0.750. The van der Waals surface area contributed by atoms with Crippen LogP contribution in [-0.2, 0) is 13.6 Å². The summed E-state index contributed by atoms with van der Waals surface area (Å²) in [7, 11) is 2.00. The maximum absolute atomic E-state index is 4.40. The van der Waals surface area contributed by atoms with E-state index in [9.17, 15) is 0 Å². The molecule has 0 spiro atoms. The van der Waals surface area contributed by atoms with Gasteiger partial charge in [0.2, 0.25) is 0 Å². The zero-order valence-corrected chi connectivity index (χ0v) is 10.1. The molecule has 2 aliphatic rings. The fourth-order valence-electron chi connectivity index (χ4n) is 3.13. The zero-order chi connectivity index (χ0) is 11.1. The molecular weight excluding hydrogens is 200 g/mol. The molecule has 2 aliphatic heterocycles. The minimum Gasteiger partial charge on any atom is -0.316 e. The van der Waals surface area contributed by atoms with E-state index in [1.54, 1.807) is 0 Å². The van der Waals surface area contributed by atoms with Crippen molar-refractivity contribution in [2.45, 2.75) is 13.5 Å². The van der Waals surface area contributed by atoms with E-state index < -0.39 is 0 Å². The fourth-order valence-corrected chi connectivity index (χ4v) is 3.13. The number of hydrogen-bond acceptors (Lipinski definition) is 3. The lowest BCUT2D eigenvalue weighted by Crippen LogP contribution is -2.25. The minimum atomic E-state index is 0.886. The second-order valence-electron chi connectivity index (χ2n) is 5.29. The van der Waals surface area contributed by atoms with Gasteiger partial charge in [0.15, 0.2) is 0 Å². The molecule has 1 N–H and O–H groups in total. The highest BCUT2D eigenvalue weighted by atomic mass is 15.3. The number of likely N-dealkylation sites (tertiary alicyclic amines) is 1. The number of aromatic nitrogens is 2. The van der Waals surface area contributed by atoms with Crippen LogP contribution in [0.2, 0.25) is 0 Å². The van der Waals surface area contributed by atoms with Crippen molar-refractivity contribution < 1.29 is 0 Å². The second-order valence-corrected chi connectivity index (χ2v) is 5.29. The number of nitrogens with zero attached hydrogens (tertiary/aromatic N) is 3. The Morgan fingerprint density at radius 2 is 2.06 bits per heavy atom. The van der Waals surface area contributed by atoms with Crippen LogP contribution in [0.3, 0.4) is 0 Å². The summed E-state index contributed by atoms with van der Waals surface area (Å²) >= 11 is 0. The largest absolute Gasteiger partial charge is 0.316 e. The summed E-state index contributed by atoms with van der Waals surface area (Å²) in [6, 6.07) is 0. The summed E-state index contributed by atoms with van der Waals surface area (Å²) < 4.78 is 1.92. The van der Waals surface area contributed by atoms with Crippen molar-refractivity contribution in [1.82, 2.24) is 20.0 Å². The van der Waals surface area contributed by atoms with Crippen molar-refractivity contribution >= 4 is 0 Å². The second kappa shape index (κ2) is 3.86. The third-order valence-electron chi connectivity index (χ3n) is 3.97. The highest BCUT2D eigenvalue weighted by Gasteiger charge is 2.35. The van der Waals surface area contributed by atoms with E-state index in [0.717, 1.165) is 18.4 Å². The molecule has 88 valence electrons. The lowest BCUT2D eigenvalue weighted by Gasteiger charge is -2.16. The van der Waals surface area contributed by atoms with E-state index in [0.29, 0.717) is 0 Å². The molecule has 4 heteroatoms. The summed E-state index contributed by atoms with van der Waals surface area (Å²) in [6.07, 6.45) is 2.15. The standard InChI is InChI=1S/C12H20N4/c1-9-12(5-15(2)14-9)8-16-6-10-3-13-4-11(10)7-16/h5,10-11,13H,3-4,6-8H2,1-2H3/t10-,11+. The molecule has 0 aliphatic carbocycles. The summed E-state index contributed by atoms with van der Waals surface area (Å²) in [5.74, 6) is 1.77. The zero-order valence-electron chi connectivity index (χ0n) is 10.1. The van der Waals surface area contributed by atoms with Crippen molar-refractivity contribution in [2.75, 3.05) is 26.2 Å². The Kier molecular flexibility index (Phi) is 2.48. The first-order chi connectivity index (χ1) is 7.72. The van der Waals surface area contributed by atoms with Crippen LogP contribution < -0.4 is 5.32 Å². The molecule has 3 rings (SSSR count). The van der Waals surface area contributed by atoms with E-state index in [1.165, 1.54) is 37.4 Å². The topological polar surface area (TPSA) is 33.1 Å². The molecule has 1 aromatic heterocycles. The molecule has 0 saturated carbocycles. The van der Waals surface area contributed by atoms with Crippen LogP contribution in [0.15, 0.2) is 6.20 Å². The van der Waals surface area contributed by atoms with E-state index in [-0.39, 0.29) is 0 Å². The van der Waals surface area contributed by atoms with Crippen molar-refractivity contribution in [1.29, 1.82) is 0 Å². The molecule has 4 nitrogen and oxygen atoms in total. The average Bonchev–Trinajstić information content (AvgIpc) is 2.82. The molecule has 2 atom stereocenters. The van der Waals surface area contributed by atoms with Gasteiger partial charge in [-0.2, -0.15) is 5.10 Å². The van der Waals surface area contributed by atoms with Crippen LogP contribution in [-0.4, -0.2) is 40.9 Å². The van der Waals surface area contributed by atoms with Gasteiger partial charge in [0, 0.05) is 38.4 Å². The summed E-state index contributed by atoms with van der Waals surface area (Å²) in [4.78, 5) is 2.58. The summed E-state index contributed by atoms with van der Waals surface area (Å²) in [5, 5.41) is 7.88. The Morgan fingerprint density at radius 1 is 1.38 bits per heavy atom. The van der Waals surface area contributed by atoms with Crippen LogP contribution in [0, 0.1) is 18.8 Å². The Balaban J connectivity index is 1.66. The summed E-state index contributed by atoms with van der Waals surface area (Å²) in [5.41, 5.74) is 2.56. The lowest BCUT2D eigenvalue weighted by atomic mass is 10.0. The first kappa shape index (κ1) is 10.3. The van der Waals surface area contributed by atoms with Gasteiger partial charge in [0.25, 0.3) is 0 Å². The third-order valence-corrected chi connectivity index (χ3v) is 3.97. The van der Waals surface area contributed by atoms with Crippen molar-refractivity contribution in [3.63, 3.8) is 0 Å². The Labute approximate surface area is 96.6 Å². The average molecular weight is 220 g/mol. The van der Waals surface area contributed by atoms with Crippen molar-refractivity contribution in [3.8, 4) is 0 Å². The van der Waals surface area contributed by atoms with Crippen LogP contribution in [0.4, 0.5) is 0 Å². The van der Waals surface area contributed by atoms with Gasteiger partial charge < -0.3 is 5.32 Å². The maximum atomic E-state index is 4.40. The SMILES string of the molecule is Cc1nn(C)cc1CN1C[C@H]2CNC[C@H]2C1. The molecule has 0 aromatic carbocycles. The van der Waals surface area contributed by atoms with Gasteiger partial charge in [-0.25, -0.2) is 0 Å². The molecule has 0 unspecified atom stereocenters. The Bertz CT molecular complexity index is 372. The third kappa shape index (κ3) is 1.76. The van der Waals surface area contributed by atoms with Gasteiger partial charge in [-0.15, -0.1) is 0 Å². The molecular formula is C12H20N4. The number of hydrogen-bond donors (Lipinski definition) is 1. The lowest BCUT2D eigenvalue weighted by molar-refractivity contribution is 0.305. The smallest absolute Gasteiger partial charge is 0.0638 e. The molecule has 0 amide bonds. The molecule has 2 fully saturated rings.